The summed E-state index contributed by atoms with van der Waals surface area (Å²) in [5, 5.41) is 8.96. The average molecular weight is 287 g/mol. The van der Waals surface area contributed by atoms with Gasteiger partial charge >= 0.3 is 0 Å². The Morgan fingerprint density at radius 2 is 2.17 bits per heavy atom. The van der Waals surface area contributed by atoms with Crippen LogP contribution in [0.5, 0.6) is 0 Å². The maximum atomic E-state index is 11.8. The van der Waals surface area contributed by atoms with Crippen LogP contribution in [0.1, 0.15) is 23.4 Å². The van der Waals surface area contributed by atoms with Crippen LogP contribution in [-0.4, -0.2) is 31.1 Å². The molecule has 2 aromatic heterocycles. The standard InChI is InChI=1S/C9H8Cl2N6O/c1-2-5-13-7(17-16-5)8(18)14-6-3-4(10)12-9(11)15-6/h3H,2H2,1H3,(H,13,16,17)(H,12,14,15,18). The van der Waals surface area contributed by atoms with Crippen molar-refractivity contribution in [2.75, 3.05) is 5.32 Å². The Morgan fingerprint density at radius 3 is 2.78 bits per heavy atom. The molecule has 18 heavy (non-hydrogen) atoms. The molecule has 2 heterocycles. The van der Waals surface area contributed by atoms with Gasteiger partial charge in [0.1, 0.15) is 16.8 Å². The zero-order valence-corrected chi connectivity index (χ0v) is 10.7. The number of amides is 1. The molecule has 0 saturated carbocycles. The van der Waals surface area contributed by atoms with E-state index in [0.717, 1.165) is 0 Å². The van der Waals surface area contributed by atoms with E-state index >= 15 is 0 Å². The molecule has 9 heteroatoms. The molecule has 0 aliphatic heterocycles. The Hall–Kier alpha value is -1.73. The van der Waals surface area contributed by atoms with Crippen molar-refractivity contribution in [2.45, 2.75) is 13.3 Å². The van der Waals surface area contributed by atoms with Crippen molar-refractivity contribution in [1.29, 1.82) is 0 Å². The Morgan fingerprint density at radius 1 is 1.39 bits per heavy atom. The number of carbonyl (C=O) groups excluding carboxylic acids is 1. The molecule has 0 saturated heterocycles. The van der Waals surface area contributed by atoms with Crippen LogP contribution in [0.3, 0.4) is 0 Å². The van der Waals surface area contributed by atoms with Crippen LogP contribution in [0.25, 0.3) is 0 Å². The first-order valence-corrected chi connectivity index (χ1v) is 5.76. The highest BCUT2D eigenvalue weighted by Gasteiger charge is 2.13. The monoisotopic (exact) mass is 286 g/mol. The number of aromatic amines is 1. The molecule has 7 nitrogen and oxygen atoms in total. The van der Waals surface area contributed by atoms with E-state index in [0.29, 0.717) is 12.2 Å². The van der Waals surface area contributed by atoms with Gasteiger partial charge in [0.25, 0.3) is 5.91 Å². The lowest BCUT2D eigenvalue weighted by Crippen LogP contribution is -2.15. The van der Waals surface area contributed by atoms with Gasteiger partial charge in [0, 0.05) is 12.5 Å². The molecule has 0 bridgehead atoms. The van der Waals surface area contributed by atoms with E-state index < -0.39 is 5.91 Å². The lowest BCUT2D eigenvalue weighted by Gasteiger charge is -2.01. The second kappa shape index (κ2) is 5.28. The summed E-state index contributed by atoms with van der Waals surface area (Å²) < 4.78 is 0. The maximum absolute atomic E-state index is 11.8. The first-order valence-electron chi connectivity index (χ1n) is 5.01. The Balaban J connectivity index is 2.15. The van der Waals surface area contributed by atoms with Crippen LogP contribution < -0.4 is 5.32 Å². The highest BCUT2D eigenvalue weighted by Crippen LogP contribution is 2.14. The van der Waals surface area contributed by atoms with Crippen molar-refractivity contribution < 1.29 is 4.79 Å². The first kappa shape index (κ1) is 12.7. The van der Waals surface area contributed by atoms with Gasteiger partial charge in [0.05, 0.1) is 0 Å². The van der Waals surface area contributed by atoms with E-state index in [1.54, 1.807) is 0 Å². The minimum Gasteiger partial charge on any atom is -0.304 e. The number of hydrogen-bond donors (Lipinski definition) is 2. The number of aryl methyl sites for hydroxylation is 1. The van der Waals surface area contributed by atoms with Crippen molar-refractivity contribution >= 4 is 34.9 Å². The van der Waals surface area contributed by atoms with E-state index in [1.165, 1.54) is 6.07 Å². The topological polar surface area (TPSA) is 96.5 Å². The van der Waals surface area contributed by atoms with Gasteiger partial charge in [-0.25, -0.2) is 15.0 Å². The van der Waals surface area contributed by atoms with Crippen molar-refractivity contribution in [3.8, 4) is 0 Å². The summed E-state index contributed by atoms with van der Waals surface area (Å²) in [7, 11) is 0. The third-order valence-electron chi connectivity index (χ3n) is 1.98. The summed E-state index contributed by atoms with van der Waals surface area (Å²) in [5.41, 5.74) is 0. The quantitative estimate of drug-likeness (QED) is 0.661. The normalized spacial score (nSPS) is 10.4. The molecule has 2 aromatic rings. The van der Waals surface area contributed by atoms with Gasteiger partial charge in [0.15, 0.2) is 0 Å². The smallest absolute Gasteiger partial charge is 0.296 e. The van der Waals surface area contributed by atoms with Gasteiger partial charge in [-0.3, -0.25) is 9.89 Å². The van der Waals surface area contributed by atoms with Crippen LogP contribution in [0.2, 0.25) is 10.4 Å². The summed E-state index contributed by atoms with van der Waals surface area (Å²) in [6.07, 6.45) is 0.658. The number of H-pyrrole nitrogens is 1. The third kappa shape index (κ3) is 2.93. The summed E-state index contributed by atoms with van der Waals surface area (Å²) in [6.45, 7) is 1.90. The summed E-state index contributed by atoms with van der Waals surface area (Å²) in [6, 6.07) is 1.37. The zero-order valence-electron chi connectivity index (χ0n) is 9.24. The highest BCUT2D eigenvalue weighted by atomic mass is 35.5. The number of rotatable bonds is 3. The van der Waals surface area contributed by atoms with E-state index in [9.17, 15) is 4.79 Å². The van der Waals surface area contributed by atoms with Gasteiger partial charge < -0.3 is 5.32 Å². The fraction of sp³-hybridized carbons (Fsp3) is 0.222. The molecule has 0 radical (unpaired) electrons. The highest BCUT2D eigenvalue weighted by molar-refractivity contribution is 6.32. The Kier molecular flexibility index (Phi) is 3.73. The predicted octanol–water partition coefficient (Wildman–Crippen LogP) is 1.72. The lowest BCUT2D eigenvalue weighted by molar-refractivity contribution is 0.101. The van der Waals surface area contributed by atoms with E-state index in [1.807, 2.05) is 6.92 Å². The molecule has 2 rings (SSSR count). The van der Waals surface area contributed by atoms with Crippen molar-refractivity contribution in [3.05, 3.63) is 28.2 Å². The van der Waals surface area contributed by atoms with Gasteiger partial charge in [-0.1, -0.05) is 18.5 Å². The lowest BCUT2D eigenvalue weighted by atomic mass is 10.4. The van der Waals surface area contributed by atoms with Crippen molar-refractivity contribution in [2.24, 2.45) is 0 Å². The molecule has 1 amide bonds. The van der Waals surface area contributed by atoms with Crippen LogP contribution in [0.4, 0.5) is 5.82 Å². The van der Waals surface area contributed by atoms with E-state index in [-0.39, 0.29) is 22.1 Å². The third-order valence-corrected chi connectivity index (χ3v) is 2.34. The minimum atomic E-state index is -0.503. The number of halogens is 2. The molecule has 94 valence electrons. The van der Waals surface area contributed by atoms with Gasteiger partial charge in [0.2, 0.25) is 11.1 Å². The largest absolute Gasteiger partial charge is 0.304 e. The molecule has 0 unspecified atom stereocenters. The molecular formula is C9H8Cl2N6O. The van der Waals surface area contributed by atoms with Gasteiger partial charge in [-0.15, -0.1) is 5.10 Å². The van der Waals surface area contributed by atoms with Crippen LogP contribution >= 0.6 is 23.2 Å². The number of hydrogen-bond acceptors (Lipinski definition) is 5. The fourth-order valence-electron chi connectivity index (χ4n) is 1.18. The zero-order chi connectivity index (χ0) is 13.1. The summed E-state index contributed by atoms with van der Waals surface area (Å²) >= 11 is 11.3. The number of nitrogens with zero attached hydrogens (tertiary/aromatic N) is 4. The van der Waals surface area contributed by atoms with Crippen LogP contribution in [-0.2, 0) is 6.42 Å². The minimum absolute atomic E-state index is 0.0257. The van der Waals surface area contributed by atoms with Gasteiger partial charge in [-0.05, 0) is 11.6 Å². The SMILES string of the molecule is CCc1nc(C(=O)Nc2cc(Cl)nc(Cl)n2)n[nH]1. The average Bonchev–Trinajstić information content (AvgIpc) is 2.75. The molecule has 0 aromatic carbocycles. The number of anilines is 1. The maximum Gasteiger partial charge on any atom is 0.296 e. The molecule has 0 spiro atoms. The second-order valence-electron chi connectivity index (χ2n) is 3.26. The molecule has 2 N–H and O–H groups in total. The first-order chi connectivity index (χ1) is 8.58. The van der Waals surface area contributed by atoms with Crippen LogP contribution in [0.15, 0.2) is 6.07 Å². The Bertz CT molecular complexity index is 564. The number of aromatic nitrogens is 5. The molecule has 0 aliphatic rings. The number of carbonyl (C=O) groups is 1. The predicted molar refractivity (Wildman–Crippen MR) is 65.8 cm³/mol. The summed E-state index contributed by atoms with van der Waals surface area (Å²) in [5.74, 6) is 0.334. The van der Waals surface area contributed by atoms with Gasteiger partial charge in [-0.2, -0.15) is 0 Å². The molecule has 0 aliphatic carbocycles. The Labute approximate surface area is 112 Å². The molecule has 0 fully saturated rings. The second-order valence-corrected chi connectivity index (χ2v) is 3.98. The molecule has 0 atom stereocenters. The van der Waals surface area contributed by atoms with Crippen molar-refractivity contribution in [1.82, 2.24) is 25.1 Å². The number of nitrogens with one attached hydrogen (secondary N) is 2. The molecular weight excluding hydrogens is 279 g/mol. The van der Waals surface area contributed by atoms with Crippen molar-refractivity contribution in [3.63, 3.8) is 0 Å². The fourth-order valence-corrected chi connectivity index (χ4v) is 1.59. The van der Waals surface area contributed by atoms with E-state index in [4.69, 9.17) is 23.2 Å². The van der Waals surface area contributed by atoms with Crippen LogP contribution in [0, 0.1) is 0 Å². The summed E-state index contributed by atoms with van der Waals surface area (Å²) in [4.78, 5) is 23.2. The van der Waals surface area contributed by atoms with E-state index in [2.05, 4.69) is 30.5 Å².